The van der Waals surface area contributed by atoms with Crippen LogP contribution < -0.4 is 4.74 Å². The summed E-state index contributed by atoms with van der Waals surface area (Å²) in [5, 5.41) is 11.0. The smallest absolute Gasteiger partial charge is 0.225 e. The SMILES string of the molecule is Cc1ccc(C2CN(C(=O)C3CCC(CC(=O)[C@H]4C[C@@H](O)c5cc(Cl)ccc5O4)CC3)C2)cc1. The van der Waals surface area contributed by atoms with Crippen LogP contribution in [0.15, 0.2) is 42.5 Å². The number of ether oxygens (including phenoxy) is 1. The van der Waals surface area contributed by atoms with Crippen molar-refractivity contribution in [1.29, 1.82) is 0 Å². The summed E-state index contributed by atoms with van der Waals surface area (Å²) in [6.07, 6.45) is 2.80. The Bertz CT molecular complexity index is 1050. The number of hydrogen-bond donors (Lipinski definition) is 1. The van der Waals surface area contributed by atoms with E-state index in [1.807, 2.05) is 4.90 Å². The quantitative estimate of drug-likeness (QED) is 0.635. The standard InChI is InChI=1S/C28H32ClNO4/c1-17-2-6-19(7-3-17)21-15-30(16-21)28(33)20-8-4-18(5-9-20)12-25(32)27-14-24(31)23-13-22(29)10-11-26(23)34-27/h2-3,6-7,10-11,13,18,20-21,24,27,31H,4-5,8-9,12,14-16H2,1H3/t18?,20?,24-,27-/m1/s1. The summed E-state index contributed by atoms with van der Waals surface area (Å²) in [6, 6.07) is 13.7. The van der Waals surface area contributed by atoms with Crippen molar-refractivity contribution in [2.75, 3.05) is 13.1 Å². The third kappa shape index (κ3) is 4.87. The van der Waals surface area contributed by atoms with Gasteiger partial charge in [-0.15, -0.1) is 0 Å². The van der Waals surface area contributed by atoms with Gasteiger partial charge < -0.3 is 14.7 Å². The maximum atomic E-state index is 13.0. The first-order valence-electron chi connectivity index (χ1n) is 12.4. The van der Waals surface area contributed by atoms with Crippen LogP contribution in [0.4, 0.5) is 0 Å². The van der Waals surface area contributed by atoms with Crippen LogP contribution in [0.3, 0.4) is 0 Å². The van der Waals surface area contributed by atoms with Crippen LogP contribution in [0.5, 0.6) is 5.75 Å². The number of halogens is 1. The van der Waals surface area contributed by atoms with Crippen molar-refractivity contribution in [3.8, 4) is 5.75 Å². The summed E-state index contributed by atoms with van der Waals surface area (Å²) in [7, 11) is 0. The number of Topliss-reactive ketones (excluding diaryl/α,β-unsaturated/α-hetero) is 1. The van der Waals surface area contributed by atoms with Crippen molar-refractivity contribution in [2.45, 2.75) is 63.6 Å². The fourth-order valence-corrected chi connectivity index (χ4v) is 5.79. The number of nitrogens with zero attached hydrogens (tertiary/aromatic N) is 1. The van der Waals surface area contributed by atoms with E-state index in [4.69, 9.17) is 16.3 Å². The number of likely N-dealkylation sites (tertiary alicyclic amines) is 1. The Kier molecular flexibility index (Phi) is 6.67. The Morgan fingerprint density at radius 1 is 1.06 bits per heavy atom. The molecule has 0 spiro atoms. The van der Waals surface area contributed by atoms with Gasteiger partial charge in [0.1, 0.15) is 5.75 Å². The molecular weight excluding hydrogens is 450 g/mol. The van der Waals surface area contributed by atoms with Crippen molar-refractivity contribution in [3.63, 3.8) is 0 Å². The molecule has 180 valence electrons. The zero-order chi connectivity index (χ0) is 23.8. The van der Waals surface area contributed by atoms with Gasteiger partial charge in [-0.05, 0) is 62.3 Å². The molecule has 5 rings (SSSR count). The molecule has 2 fully saturated rings. The van der Waals surface area contributed by atoms with Gasteiger partial charge in [0.15, 0.2) is 11.9 Å². The maximum Gasteiger partial charge on any atom is 0.225 e. The highest BCUT2D eigenvalue weighted by Crippen LogP contribution is 2.39. The van der Waals surface area contributed by atoms with E-state index in [2.05, 4.69) is 31.2 Å². The fraction of sp³-hybridized carbons (Fsp3) is 0.500. The van der Waals surface area contributed by atoms with E-state index in [1.165, 1.54) is 11.1 Å². The number of aliphatic hydroxyl groups excluding tert-OH is 1. The average Bonchev–Trinajstić information content (AvgIpc) is 2.80. The van der Waals surface area contributed by atoms with Gasteiger partial charge in [0, 0.05) is 48.4 Å². The third-order valence-electron chi connectivity index (χ3n) is 7.82. The molecule has 5 nitrogen and oxygen atoms in total. The van der Waals surface area contributed by atoms with Gasteiger partial charge in [0.2, 0.25) is 5.91 Å². The second-order valence-corrected chi connectivity index (χ2v) is 10.7. The van der Waals surface area contributed by atoms with Gasteiger partial charge in [-0.25, -0.2) is 0 Å². The van der Waals surface area contributed by atoms with Crippen molar-refractivity contribution in [3.05, 3.63) is 64.2 Å². The molecule has 6 heteroatoms. The summed E-state index contributed by atoms with van der Waals surface area (Å²) in [5.74, 6) is 1.66. The van der Waals surface area contributed by atoms with E-state index >= 15 is 0 Å². The zero-order valence-corrected chi connectivity index (χ0v) is 20.3. The maximum absolute atomic E-state index is 13.0. The molecule has 0 unspecified atom stereocenters. The van der Waals surface area contributed by atoms with E-state index in [9.17, 15) is 14.7 Å². The van der Waals surface area contributed by atoms with Crippen LogP contribution in [-0.2, 0) is 9.59 Å². The number of rotatable bonds is 5. The number of hydrogen-bond acceptors (Lipinski definition) is 4. The van der Waals surface area contributed by atoms with Gasteiger partial charge in [-0.1, -0.05) is 41.4 Å². The summed E-state index contributed by atoms with van der Waals surface area (Å²) in [6.45, 7) is 3.72. The predicted octanol–water partition coefficient (Wildman–Crippen LogP) is 5.22. The molecular formula is C28H32ClNO4. The summed E-state index contributed by atoms with van der Waals surface area (Å²) in [5.41, 5.74) is 3.22. The Balaban J connectivity index is 1.08. The lowest BCUT2D eigenvalue weighted by atomic mass is 9.77. The van der Waals surface area contributed by atoms with Crippen LogP contribution in [0, 0.1) is 18.8 Å². The number of aliphatic hydroxyl groups is 1. The Morgan fingerprint density at radius 2 is 1.76 bits per heavy atom. The van der Waals surface area contributed by atoms with E-state index in [0.29, 0.717) is 28.7 Å². The van der Waals surface area contributed by atoms with Crippen molar-refractivity contribution < 1.29 is 19.4 Å². The molecule has 1 N–H and O–H groups in total. The van der Waals surface area contributed by atoms with Crippen molar-refractivity contribution >= 4 is 23.3 Å². The molecule has 1 amide bonds. The van der Waals surface area contributed by atoms with Crippen LogP contribution in [0.25, 0.3) is 0 Å². The van der Waals surface area contributed by atoms with Crippen LogP contribution in [0.2, 0.25) is 5.02 Å². The van der Waals surface area contributed by atoms with Gasteiger partial charge in [0.05, 0.1) is 6.10 Å². The molecule has 2 atom stereocenters. The highest BCUT2D eigenvalue weighted by Gasteiger charge is 2.38. The molecule has 2 heterocycles. The lowest BCUT2D eigenvalue weighted by Gasteiger charge is -2.42. The number of carbonyl (C=O) groups is 2. The predicted molar refractivity (Wildman–Crippen MR) is 131 cm³/mol. The summed E-state index contributed by atoms with van der Waals surface area (Å²) < 4.78 is 5.90. The minimum Gasteiger partial charge on any atom is -0.482 e. The average molecular weight is 482 g/mol. The molecule has 1 saturated carbocycles. The second kappa shape index (κ2) is 9.71. The Hall–Kier alpha value is -2.37. The number of ketones is 1. The van der Waals surface area contributed by atoms with E-state index in [1.54, 1.807) is 18.2 Å². The molecule has 3 aliphatic rings. The number of carbonyl (C=O) groups excluding carboxylic acids is 2. The largest absolute Gasteiger partial charge is 0.482 e. The van der Waals surface area contributed by atoms with E-state index < -0.39 is 12.2 Å². The number of amides is 1. The first-order valence-corrected chi connectivity index (χ1v) is 12.8. The normalized spacial score (nSPS) is 26.9. The number of aryl methyl sites for hydroxylation is 1. The highest BCUT2D eigenvalue weighted by molar-refractivity contribution is 6.30. The molecule has 1 saturated heterocycles. The zero-order valence-electron chi connectivity index (χ0n) is 19.6. The lowest BCUT2D eigenvalue weighted by molar-refractivity contribution is -0.141. The highest BCUT2D eigenvalue weighted by atomic mass is 35.5. The first kappa shape index (κ1) is 23.4. The fourth-order valence-electron chi connectivity index (χ4n) is 5.61. The van der Waals surface area contributed by atoms with Gasteiger partial charge in [-0.2, -0.15) is 0 Å². The van der Waals surface area contributed by atoms with Gasteiger partial charge in [-0.3, -0.25) is 9.59 Å². The molecule has 0 radical (unpaired) electrons. The summed E-state index contributed by atoms with van der Waals surface area (Å²) >= 11 is 6.02. The Labute approximate surface area is 206 Å². The molecule has 34 heavy (non-hydrogen) atoms. The van der Waals surface area contributed by atoms with Gasteiger partial charge in [0.25, 0.3) is 0 Å². The van der Waals surface area contributed by atoms with Crippen LogP contribution >= 0.6 is 11.6 Å². The van der Waals surface area contributed by atoms with Crippen LogP contribution in [0.1, 0.15) is 67.2 Å². The van der Waals surface area contributed by atoms with Crippen molar-refractivity contribution in [1.82, 2.24) is 4.90 Å². The van der Waals surface area contributed by atoms with Crippen molar-refractivity contribution in [2.24, 2.45) is 11.8 Å². The molecule has 0 bridgehead atoms. The molecule has 2 aromatic carbocycles. The third-order valence-corrected chi connectivity index (χ3v) is 8.06. The Morgan fingerprint density at radius 3 is 2.47 bits per heavy atom. The minimum absolute atomic E-state index is 0.0399. The van der Waals surface area contributed by atoms with E-state index in [0.717, 1.165) is 38.8 Å². The minimum atomic E-state index is -0.745. The van der Waals surface area contributed by atoms with Crippen LogP contribution in [-0.4, -0.2) is 40.9 Å². The molecule has 2 aromatic rings. The summed E-state index contributed by atoms with van der Waals surface area (Å²) in [4.78, 5) is 27.9. The number of fused-ring (bicyclic) bond motifs is 1. The van der Waals surface area contributed by atoms with E-state index in [-0.39, 0.29) is 29.9 Å². The molecule has 1 aliphatic carbocycles. The molecule has 2 aliphatic heterocycles. The lowest BCUT2D eigenvalue weighted by Crippen LogP contribution is -2.51. The molecule has 0 aromatic heterocycles. The topological polar surface area (TPSA) is 66.8 Å². The second-order valence-electron chi connectivity index (χ2n) is 10.3. The van der Waals surface area contributed by atoms with Gasteiger partial charge >= 0.3 is 0 Å². The first-order chi connectivity index (χ1) is 16.4. The monoisotopic (exact) mass is 481 g/mol. The number of benzene rings is 2.